The highest BCUT2D eigenvalue weighted by Crippen LogP contribution is 2.20. The summed E-state index contributed by atoms with van der Waals surface area (Å²) in [5.41, 5.74) is 0.989. The summed E-state index contributed by atoms with van der Waals surface area (Å²) in [6, 6.07) is 5.82. The molecule has 1 amide bonds. The molecule has 0 atom stereocenters. The maximum absolute atomic E-state index is 12.3. The highest BCUT2D eigenvalue weighted by molar-refractivity contribution is 5.86. The van der Waals surface area contributed by atoms with E-state index in [-0.39, 0.29) is 12.5 Å². The summed E-state index contributed by atoms with van der Waals surface area (Å²) in [6.45, 7) is 2.40. The third-order valence-electron chi connectivity index (χ3n) is 5.01. The van der Waals surface area contributed by atoms with Crippen LogP contribution in [0.1, 0.15) is 44.2 Å². The van der Waals surface area contributed by atoms with Gasteiger partial charge in [0.1, 0.15) is 0 Å². The highest BCUT2D eigenvalue weighted by atomic mass is 16.5. The summed E-state index contributed by atoms with van der Waals surface area (Å²) in [7, 11) is 3.52. The molecule has 1 saturated carbocycles. The van der Waals surface area contributed by atoms with Crippen molar-refractivity contribution >= 4 is 11.9 Å². The number of rotatable bonds is 10. The molecule has 0 radical (unpaired) electrons. The molecule has 0 aliphatic heterocycles. The Morgan fingerprint density at radius 3 is 2.82 bits per heavy atom. The van der Waals surface area contributed by atoms with Crippen molar-refractivity contribution in [2.24, 2.45) is 4.99 Å². The molecule has 2 N–H and O–H groups in total. The van der Waals surface area contributed by atoms with Crippen LogP contribution in [0.25, 0.3) is 0 Å². The molecule has 1 aromatic heterocycles. The van der Waals surface area contributed by atoms with E-state index < -0.39 is 0 Å². The average Bonchev–Trinajstić information content (AvgIpc) is 2.75. The Hall–Kier alpha value is -2.15. The predicted octanol–water partition coefficient (Wildman–Crippen LogP) is 1.99. The van der Waals surface area contributed by atoms with Crippen LogP contribution >= 0.6 is 0 Å². The molecule has 0 bridgehead atoms. The number of likely N-dealkylation sites (N-methyl/N-ethyl adjacent to an activating group) is 1. The summed E-state index contributed by atoms with van der Waals surface area (Å²) in [6.07, 6.45) is 10.2. The van der Waals surface area contributed by atoms with Gasteiger partial charge in [0, 0.05) is 52.1 Å². The minimum absolute atomic E-state index is 0.0273. The molecule has 0 spiro atoms. The van der Waals surface area contributed by atoms with Crippen LogP contribution in [0.5, 0.6) is 0 Å². The van der Waals surface area contributed by atoms with Crippen molar-refractivity contribution in [2.45, 2.75) is 51.0 Å². The number of nitrogens with zero attached hydrogens (tertiary/aromatic N) is 3. The first-order valence-corrected chi connectivity index (χ1v) is 10.4. The minimum Gasteiger partial charge on any atom is -0.378 e. The number of hydrogen-bond acceptors (Lipinski definition) is 4. The molecule has 1 aliphatic carbocycles. The Morgan fingerprint density at radius 2 is 2.11 bits per heavy atom. The molecule has 1 heterocycles. The first-order valence-electron chi connectivity index (χ1n) is 10.4. The van der Waals surface area contributed by atoms with Crippen molar-refractivity contribution in [3.05, 3.63) is 30.1 Å². The molecule has 0 aromatic carbocycles. The number of guanidine groups is 1. The lowest BCUT2D eigenvalue weighted by Crippen LogP contribution is -2.44. The van der Waals surface area contributed by atoms with Gasteiger partial charge in [-0.2, -0.15) is 0 Å². The summed E-state index contributed by atoms with van der Waals surface area (Å²) >= 11 is 0. The number of ether oxygens (including phenoxy) is 1. The van der Waals surface area contributed by atoms with Crippen LogP contribution < -0.4 is 10.6 Å². The Morgan fingerprint density at radius 1 is 1.29 bits per heavy atom. The van der Waals surface area contributed by atoms with Gasteiger partial charge >= 0.3 is 0 Å². The van der Waals surface area contributed by atoms with E-state index in [1.807, 2.05) is 25.2 Å². The predicted molar refractivity (Wildman–Crippen MR) is 112 cm³/mol. The number of aromatic nitrogens is 1. The van der Waals surface area contributed by atoms with Gasteiger partial charge < -0.3 is 20.3 Å². The van der Waals surface area contributed by atoms with E-state index in [4.69, 9.17) is 4.74 Å². The smallest absolute Gasteiger partial charge is 0.241 e. The van der Waals surface area contributed by atoms with E-state index in [1.165, 1.54) is 32.1 Å². The normalized spacial score (nSPS) is 15.3. The minimum atomic E-state index is 0.0273. The summed E-state index contributed by atoms with van der Waals surface area (Å²) in [5.74, 6) is 0.670. The van der Waals surface area contributed by atoms with Crippen molar-refractivity contribution in [3.63, 3.8) is 0 Å². The quantitative estimate of drug-likeness (QED) is 0.363. The van der Waals surface area contributed by atoms with E-state index in [0.717, 1.165) is 31.7 Å². The van der Waals surface area contributed by atoms with Gasteiger partial charge in [-0.3, -0.25) is 14.8 Å². The van der Waals surface area contributed by atoms with Gasteiger partial charge in [0.25, 0.3) is 0 Å². The SMILES string of the molecule is CN=C(NCCCOC1CCCCC1)NCC(=O)N(C)CCc1ccccn1. The third-order valence-corrected chi connectivity index (χ3v) is 5.01. The second-order valence-corrected chi connectivity index (χ2v) is 7.22. The Balaban J connectivity index is 1.55. The molecule has 2 rings (SSSR count). The van der Waals surface area contributed by atoms with E-state index in [9.17, 15) is 4.79 Å². The first-order chi connectivity index (χ1) is 13.7. The molecule has 7 nitrogen and oxygen atoms in total. The zero-order chi connectivity index (χ0) is 20.0. The third kappa shape index (κ3) is 8.69. The largest absolute Gasteiger partial charge is 0.378 e. The molecule has 1 aliphatic rings. The maximum atomic E-state index is 12.3. The number of aliphatic imine (C=N–C) groups is 1. The fourth-order valence-corrected chi connectivity index (χ4v) is 3.23. The first kappa shape index (κ1) is 22.1. The van der Waals surface area contributed by atoms with Gasteiger partial charge in [-0.15, -0.1) is 0 Å². The number of hydrogen-bond donors (Lipinski definition) is 2. The number of carbonyl (C=O) groups excluding carboxylic acids is 1. The Bertz CT molecular complexity index is 588. The highest BCUT2D eigenvalue weighted by Gasteiger charge is 2.13. The molecular formula is C21H35N5O2. The number of nitrogens with one attached hydrogen (secondary N) is 2. The van der Waals surface area contributed by atoms with Gasteiger partial charge in [0.15, 0.2) is 5.96 Å². The van der Waals surface area contributed by atoms with Gasteiger partial charge in [-0.25, -0.2) is 0 Å². The topological polar surface area (TPSA) is 78.9 Å². The molecule has 156 valence electrons. The standard InChI is InChI=1S/C21H35N5O2/c1-22-21(24-14-8-16-28-19-10-4-3-5-11-19)25-17-20(27)26(2)15-12-18-9-6-7-13-23-18/h6-7,9,13,19H,3-5,8,10-12,14-17H2,1-2H3,(H2,22,24,25). The molecule has 0 saturated heterocycles. The summed E-state index contributed by atoms with van der Waals surface area (Å²) in [5, 5.41) is 6.32. The Labute approximate surface area is 169 Å². The molecule has 28 heavy (non-hydrogen) atoms. The zero-order valence-corrected chi connectivity index (χ0v) is 17.3. The van der Waals surface area contributed by atoms with Crippen molar-refractivity contribution in [1.29, 1.82) is 0 Å². The van der Waals surface area contributed by atoms with E-state index >= 15 is 0 Å². The van der Waals surface area contributed by atoms with Crippen LogP contribution in [0.2, 0.25) is 0 Å². The lowest BCUT2D eigenvalue weighted by Gasteiger charge is -2.22. The van der Waals surface area contributed by atoms with Crippen LogP contribution in [0, 0.1) is 0 Å². The second kappa shape index (κ2) is 13.1. The van der Waals surface area contributed by atoms with Crippen molar-refractivity contribution < 1.29 is 9.53 Å². The van der Waals surface area contributed by atoms with Gasteiger partial charge in [-0.1, -0.05) is 25.3 Å². The van der Waals surface area contributed by atoms with Gasteiger partial charge in [0.2, 0.25) is 5.91 Å². The van der Waals surface area contributed by atoms with Crippen LogP contribution in [-0.4, -0.2) is 68.2 Å². The molecule has 7 heteroatoms. The van der Waals surface area contributed by atoms with Crippen LogP contribution in [0.4, 0.5) is 0 Å². The summed E-state index contributed by atoms with van der Waals surface area (Å²) < 4.78 is 5.93. The summed E-state index contributed by atoms with van der Waals surface area (Å²) in [4.78, 5) is 22.4. The van der Waals surface area contributed by atoms with E-state index in [0.29, 0.717) is 18.6 Å². The lowest BCUT2D eigenvalue weighted by molar-refractivity contribution is -0.128. The zero-order valence-electron chi connectivity index (χ0n) is 17.3. The fraction of sp³-hybridized carbons (Fsp3) is 0.667. The number of amides is 1. The number of carbonyl (C=O) groups is 1. The second-order valence-electron chi connectivity index (χ2n) is 7.22. The monoisotopic (exact) mass is 389 g/mol. The van der Waals surface area contributed by atoms with Crippen molar-refractivity contribution in [3.8, 4) is 0 Å². The van der Waals surface area contributed by atoms with Crippen LogP contribution in [-0.2, 0) is 16.0 Å². The number of pyridine rings is 1. The van der Waals surface area contributed by atoms with Gasteiger partial charge in [0.05, 0.1) is 12.6 Å². The van der Waals surface area contributed by atoms with Crippen molar-refractivity contribution in [1.82, 2.24) is 20.5 Å². The van der Waals surface area contributed by atoms with E-state index in [1.54, 1.807) is 18.1 Å². The van der Waals surface area contributed by atoms with Crippen LogP contribution in [0.3, 0.4) is 0 Å². The molecule has 1 fully saturated rings. The van der Waals surface area contributed by atoms with E-state index in [2.05, 4.69) is 20.6 Å². The van der Waals surface area contributed by atoms with Gasteiger partial charge in [-0.05, 0) is 31.4 Å². The maximum Gasteiger partial charge on any atom is 0.241 e. The van der Waals surface area contributed by atoms with Crippen LogP contribution in [0.15, 0.2) is 29.4 Å². The fourth-order valence-electron chi connectivity index (χ4n) is 3.23. The molecule has 1 aromatic rings. The van der Waals surface area contributed by atoms with Crippen molar-refractivity contribution in [2.75, 3.05) is 40.3 Å². The lowest BCUT2D eigenvalue weighted by atomic mass is 9.98. The molecule has 0 unspecified atom stereocenters. The average molecular weight is 390 g/mol. The Kier molecular flexibility index (Phi) is 10.4. The molecular weight excluding hydrogens is 354 g/mol.